The van der Waals surface area contributed by atoms with E-state index in [0.29, 0.717) is 22.4 Å². The average Bonchev–Trinajstić information content (AvgIpc) is 2.77. The van der Waals surface area contributed by atoms with E-state index in [1.807, 2.05) is 0 Å². The summed E-state index contributed by atoms with van der Waals surface area (Å²) < 4.78 is 13.5. The fourth-order valence-corrected chi connectivity index (χ4v) is 3.43. The molecule has 2 unspecified atom stereocenters. The molecule has 0 aliphatic heterocycles. The van der Waals surface area contributed by atoms with E-state index >= 15 is 0 Å². The van der Waals surface area contributed by atoms with Crippen molar-refractivity contribution in [1.29, 1.82) is 0 Å². The van der Waals surface area contributed by atoms with Gasteiger partial charge in [0.1, 0.15) is 11.6 Å². The second-order valence-electron chi connectivity index (χ2n) is 5.16. The van der Waals surface area contributed by atoms with Crippen molar-refractivity contribution in [2.45, 2.75) is 25.7 Å². The van der Waals surface area contributed by atoms with Crippen molar-refractivity contribution >= 4 is 17.4 Å². The fraction of sp³-hybridized carbons (Fsp3) is 0.500. The predicted octanol–water partition coefficient (Wildman–Crippen LogP) is 3.64. The van der Waals surface area contributed by atoms with Gasteiger partial charge in [-0.2, -0.15) is 0 Å². The Morgan fingerprint density at radius 2 is 2.06 bits per heavy atom. The first-order chi connectivity index (χ1) is 8.16. The van der Waals surface area contributed by atoms with E-state index in [0.717, 1.165) is 0 Å². The summed E-state index contributed by atoms with van der Waals surface area (Å²) in [5.74, 6) is 1.28. The summed E-state index contributed by atoms with van der Waals surface area (Å²) in [6.45, 7) is 0. The van der Waals surface area contributed by atoms with E-state index in [9.17, 15) is 9.18 Å². The average molecular weight is 253 g/mol. The molecule has 0 bridgehead atoms. The first-order valence-corrected chi connectivity index (χ1v) is 6.51. The zero-order valence-electron chi connectivity index (χ0n) is 9.46. The Morgan fingerprint density at radius 3 is 2.71 bits per heavy atom. The summed E-state index contributed by atoms with van der Waals surface area (Å²) >= 11 is 5.68. The highest BCUT2D eigenvalue weighted by Crippen LogP contribution is 2.58. The van der Waals surface area contributed by atoms with Crippen LogP contribution >= 0.6 is 11.6 Å². The van der Waals surface area contributed by atoms with E-state index in [1.165, 1.54) is 25.3 Å². The molecule has 3 rings (SSSR count). The molecule has 0 saturated heterocycles. The molecule has 1 aromatic carbocycles. The molecule has 3 heteroatoms. The molecule has 1 aromatic rings. The number of hydrogen-bond acceptors (Lipinski definition) is 1. The molecule has 2 fully saturated rings. The number of benzene rings is 1. The van der Waals surface area contributed by atoms with E-state index in [2.05, 4.69) is 0 Å². The zero-order valence-corrected chi connectivity index (χ0v) is 10.2. The number of carbonyl (C=O) groups is 1. The maximum absolute atomic E-state index is 13.5. The monoisotopic (exact) mass is 252 g/mol. The minimum absolute atomic E-state index is 0.209. The van der Waals surface area contributed by atoms with Gasteiger partial charge < -0.3 is 0 Å². The second-order valence-corrected chi connectivity index (χ2v) is 5.60. The molecule has 0 spiro atoms. The Balaban J connectivity index is 1.69. The lowest BCUT2D eigenvalue weighted by molar-refractivity contribution is -0.120. The SMILES string of the molecule is O=C(Cc1ccc(Cl)cc1F)C1C2CCCC21. The van der Waals surface area contributed by atoms with E-state index in [1.54, 1.807) is 12.1 Å². The van der Waals surface area contributed by atoms with Crippen LogP contribution in [0.3, 0.4) is 0 Å². The number of fused-ring (bicyclic) bond motifs is 1. The smallest absolute Gasteiger partial charge is 0.141 e. The summed E-state index contributed by atoms with van der Waals surface area (Å²) in [4.78, 5) is 12.0. The number of Topliss-reactive ketones (excluding diaryl/α,β-unsaturated/α-hetero) is 1. The molecule has 0 N–H and O–H groups in total. The third kappa shape index (κ3) is 1.99. The molecular formula is C14H14ClFO. The predicted molar refractivity (Wildman–Crippen MR) is 64.4 cm³/mol. The lowest BCUT2D eigenvalue weighted by atomic mass is 10.0. The van der Waals surface area contributed by atoms with E-state index < -0.39 is 0 Å². The minimum atomic E-state index is -0.364. The van der Waals surface area contributed by atoms with Gasteiger partial charge in [-0.1, -0.05) is 24.1 Å². The van der Waals surface area contributed by atoms with Crippen molar-refractivity contribution in [1.82, 2.24) is 0 Å². The third-order valence-electron chi connectivity index (χ3n) is 4.16. The van der Waals surface area contributed by atoms with Crippen LogP contribution in [-0.4, -0.2) is 5.78 Å². The van der Waals surface area contributed by atoms with E-state index in [-0.39, 0.29) is 23.9 Å². The topological polar surface area (TPSA) is 17.1 Å². The summed E-state index contributed by atoms with van der Waals surface area (Å²) in [7, 11) is 0. The highest BCUT2D eigenvalue weighted by atomic mass is 35.5. The maximum Gasteiger partial charge on any atom is 0.141 e. The lowest BCUT2D eigenvalue weighted by Crippen LogP contribution is -2.10. The molecule has 0 aromatic heterocycles. The Bertz CT molecular complexity index is 461. The van der Waals surface area contributed by atoms with Crippen molar-refractivity contribution < 1.29 is 9.18 Å². The van der Waals surface area contributed by atoms with Crippen LogP contribution in [-0.2, 0) is 11.2 Å². The van der Waals surface area contributed by atoms with Crippen molar-refractivity contribution in [3.63, 3.8) is 0 Å². The molecule has 0 heterocycles. The number of hydrogen-bond donors (Lipinski definition) is 0. The molecule has 0 radical (unpaired) electrons. The van der Waals surface area contributed by atoms with Crippen LogP contribution in [0.25, 0.3) is 0 Å². The lowest BCUT2D eigenvalue weighted by Gasteiger charge is -2.04. The summed E-state index contributed by atoms with van der Waals surface area (Å²) in [5.41, 5.74) is 0.476. The maximum atomic E-state index is 13.5. The summed E-state index contributed by atoms with van der Waals surface area (Å²) in [6, 6.07) is 4.53. The van der Waals surface area contributed by atoms with Crippen LogP contribution in [0, 0.1) is 23.6 Å². The highest BCUT2D eigenvalue weighted by molar-refractivity contribution is 6.30. The number of halogens is 2. The standard InChI is InChI=1S/C14H14ClFO/c15-9-5-4-8(12(16)7-9)6-13(17)14-10-2-1-3-11(10)14/h4-5,7,10-11,14H,1-3,6H2. The normalized spacial score (nSPS) is 30.1. The molecule has 90 valence electrons. The van der Waals surface area contributed by atoms with Gasteiger partial charge >= 0.3 is 0 Å². The molecule has 0 amide bonds. The van der Waals surface area contributed by atoms with Crippen LogP contribution in [0.2, 0.25) is 5.02 Å². The number of ketones is 1. The minimum Gasteiger partial charge on any atom is -0.299 e. The first-order valence-electron chi connectivity index (χ1n) is 6.13. The summed E-state index contributed by atoms with van der Waals surface area (Å²) in [5, 5.41) is 0.377. The van der Waals surface area contributed by atoms with Crippen molar-refractivity contribution in [3.05, 3.63) is 34.6 Å². The Morgan fingerprint density at radius 1 is 1.35 bits per heavy atom. The van der Waals surface area contributed by atoms with Crippen molar-refractivity contribution in [3.8, 4) is 0 Å². The van der Waals surface area contributed by atoms with Gasteiger partial charge in [-0.05, 0) is 42.4 Å². The third-order valence-corrected chi connectivity index (χ3v) is 4.39. The van der Waals surface area contributed by atoms with Crippen LogP contribution in [0.1, 0.15) is 24.8 Å². The highest BCUT2D eigenvalue weighted by Gasteiger charge is 2.55. The largest absolute Gasteiger partial charge is 0.299 e. The molecule has 17 heavy (non-hydrogen) atoms. The summed E-state index contributed by atoms with van der Waals surface area (Å²) in [6.07, 6.45) is 3.85. The zero-order chi connectivity index (χ0) is 12.0. The Kier molecular flexibility index (Phi) is 2.70. The molecular weight excluding hydrogens is 239 g/mol. The van der Waals surface area contributed by atoms with Gasteiger partial charge in [0.05, 0.1) is 0 Å². The molecule has 2 saturated carbocycles. The van der Waals surface area contributed by atoms with Crippen LogP contribution in [0.4, 0.5) is 4.39 Å². The quantitative estimate of drug-likeness (QED) is 0.803. The van der Waals surface area contributed by atoms with Crippen molar-refractivity contribution in [2.75, 3.05) is 0 Å². The molecule has 2 aliphatic carbocycles. The van der Waals surface area contributed by atoms with Gasteiger partial charge in [-0.3, -0.25) is 4.79 Å². The Hall–Kier alpha value is -0.890. The first kappa shape index (κ1) is 11.2. The number of rotatable bonds is 3. The van der Waals surface area contributed by atoms with Gasteiger partial charge in [0.2, 0.25) is 0 Å². The molecule has 1 nitrogen and oxygen atoms in total. The van der Waals surface area contributed by atoms with Gasteiger partial charge in [0.15, 0.2) is 0 Å². The molecule has 2 aliphatic rings. The number of carbonyl (C=O) groups excluding carboxylic acids is 1. The van der Waals surface area contributed by atoms with Gasteiger partial charge in [-0.15, -0.1) is 0 Å². The van der Waals surface area contributed by atoms with Crippen LogP contribution in [0.15, 0.2) is 18.2 Å². The van der Waals surface area contributed by atoms with Crippen molar-refractivity contribution in [2.24, 2.45) is 17.8 Å². The molecule has 2 atom stereocenters. The Labute approximate surface area is 105 Å². The fourth-order valence-electron chi connectivity index (χ4n) is 3.27. The second kappa shape index (κ2) is 4.09. The van der Waals surface area contributed by atoms with Crippen LogP contribution < -0.4 is 0 Å². The van der Waals surface area contributed by atoms with Gasteiger partial charge in [-0.25, -0.2) is 4.39 Å². The van der Waals surface area contributed by atoms with Gasteiger partial charge in [0, 0.05) is 17.4 Å². The van der Waals surface area contributed by atoms with Crippen LogP contribution in [0.5, 0.6) is 0 Å². The van der Waals surface area contributed by atoms with Gasteiger partial charge in [0.25, 0.3) is 0 Å². The van der Waals surface area contributed by atoms with E-state index in [4.69, 9.17) is 11.6 Å².